The maximum Gasteiger partial charge on any atom is 0.244 e. The van der Waals surface area contributed by atoms with E-state index in [1.54, 1.807) is 12.1 Å². The summed E-state index contributed by atoms with van der Waals surface area (Å²) in [5, 5.41) is 11.4. The Morgan fingerprint density at radius 2 is 1.96 bits per heavy atom. The van der Waals surface area contributed by atoms with Crippen LogP contribution in [0.2, 0.25) is 0 Å². The Hall–Kier alpha value is -2.56. The van der Waals surface area contributed by atoms with E-state index in [0.29, 0.717) is 38.7 Å². The van der Waals surface area contributed by atoms with Gasteiger partial charge in [0.05, 0.1) is 19.8 Å². The van der Waals surface area contributed by atoms with E-state index in [1.165, 1.54) is 10.5 Å². The molecule has 0 atom stereocenters. The Kier molecular flexibility index (Phi) is 4.53. The van der Waals surface area contributed by atoms with Crippen LogP contribution in [-0.4, -0.2) is 58.6 Å². The molecule has 26 heavy (non-hydrogen) atoms. The zero-order chi connectivity index (χ0) is 18.0. The minimum absolute atomic E-state index is 0.179. The van der Waals surface area contributed by atoms with Gasteiger partial charge in [0.2, 0.25) is 10.0 Å². The van der Waals surface area contributed by atoms with E-state index >= 15 is 0 Å². The predicted molar refractivity (Wildman–Crippen MR) is 94.1 cm³/mol. The quantitative estimate of drug-likeness (QED) is 0.703. The van der Waals surface area contributed by atoms with Crippen molar-refractivity contribution in [2.75, 3.05) is 31.6 Å². The summed E-state index contributed by atoms with van der Waals surface area (Å²) in [6.45, 7) is 1.98. The average molecular weight is 374 g/mol. The monoisotopic (exact) mass is 374 g/mol. The zero-order valence-electron chi connectivity index (χ0n) is 13.9. The molecule has 0 amide bonds. The van der Waals surface area contributed by atoms with Crippen molar-refractivity contribution < 1.29 is 13.2 Å². The summed E-state index contributed by atoms with van der Waals surface area (Å²) in [4.78, 5) is 4.39. The number of rotatable bonds is 5. The Bertz CT molecular complexity index is 996. The molecule has 0 spiro atoms. The first-order valence-electron chi connectivity index (χ1n) is 8.21. The van der Waals surface area contributed by atoms with Gasteiger partial charge in [0.1, 0.15) is 10.7 Å². The number of hydrogen-bond donors (Lipinski definition) is 1. The number of nitrogens with one attached hydrogen (secondary N) is 1. The van der Waals surface area contributed by atoms with Crippen molar-refractivity contribution in [3.63, 3.8) is 0 Å². The van der Waals surface area contributed by atoms with Crippen molar-refractivity contribution in [2.24, 2.45) is 0 Å². The second-order valence-corrected chi connectivity index (χ2v) is 7.73. The third kappa shape index (κ3) is 3.26. The van der Waals surface area contributed by atoms with Crippen LogP contribution in [0.5, 0.6) is 0 Å². The first-order valence-corrected chi connectivity index (χ1v) is 9.65. The second-order valence-electron chi connectivity index (χ2n) is 5.79. The summed E-state index contributed by atoms with van der Waals surface area (Å²) in [6, 6.07) is 8.89. The van der Waals surface area contributed by atoms with Gasteiger partial charge in [-0.1, -0.05) is 6.07 Å². The van der Waals surface area contributed by atoms with Crippen LogP contribution in [0.3, 0.4) is 0 Å². The van der Waals surface area contributed by atoms with E-state index in [9.17, 15) is 8.42 Å². The third-order valence-electron chi connectivity index (χ3n) is 4.16. The molecule has 0 saturated carbocycles. The molecule has 0 radical (unpaired) electrons. The summed E-state index contributed by atoms with van der Waals surface area (Å²) in [6.07, 6.45) is 3.26. The van der Waals surface area contributed by atoms with E-state index in [2.05, 4.69) is 20.5 Å². The van der Waals surface area contributed by atoms with E-state index < -0.39 is 10.0 Å². The van der Waals surface area contributed by atoms with Crippen LogP contribution in [0.4, 0.5) is 5.82 Å². The molecular weight excluding hydrogens is 356 g/mol. The van der Waals surface area contributed by atoms with E-state index in [1.807, 2.05) is 28.8 Å². The lowest BCUT2D eigenvalue weighted by Gasteiger charge is -2.25. The van der Waals surface area contributed by atoms with Gasteiger partial charge in [0.15, 0.2) is 11.5 Å². The number of nitrogens with zero attached hydrogens (tertiary/aromatic N) is 5. The maximum atomic E-state index is 12.6. The van der Waals surface area contributed by atoms with Crippen molar-refractivity contribution >= 4 is 21.5 Å². The minimum Gasteiger partial charge on any atom is -0.379 e. The summed E-state index contributed by atoms with van der Waals surface area (Å²) >= 11 is 0. The molecule has 1 N–H and O–H groups in total. The highest BCUT2D eigenvalue weighted by molar-refractivity contribution is 7.89. The van der Waals surface area contributed by atoms with Crippen LogP contribution < -0.4 is 5.32 Å². The van der Waals surface area contributed by atoms with Crippen LogP contribution in [0.1, 0.15) is 5.82 Å². The first-order chi connectivity index (χ1) is 12.6. The molecule has 1 fully saturated rings. The molecule has 0 bridgehead atoms. The van der Waals surface area contributed by atoms with E-state index in [-0.39, 0.29) is 4.90 Å². The third-order valence-corrected chi connectivity index (χ3v) is 6.04. The van der Waals surface area contributed by atoms with Gasteiger partial charge in [-0.3, -0.25) is 4.40 Å². The van der Waals surface area contributed by atoms with E-state index in [4.69, 9.17) is 4.74 Å². The maximum absolute atomic E-state index is 12.6. The van der Waals surface area contributed by atoms with Gasteiger partial charge in [-0.05, 0) is 24.3 Å². The highest BCUT2D eigenvalue weighted by atomic mass is 32.2. The van der Waals surface area contributed by atoms with Crippen LogP contribution >= 0.6 is 0 Å². The second kappa shape index (κ2) is 6.98. The molecule has 136 valence electrons. The fraction of sp³-hybridized carbons (Fsp3) is 0.312. The number of ether oxygens (including phenoxy) is 1. The lowest BCUT2D eigenvalue weighted by Crippen LogP contribution is -2.40. The SMILES string of the molecule is O=S(=O)(c1ccc(NCc2nnc3ccccn23)nc1)N1CCOCC1. The molecule has 9 nitrogen and oxygen atoms in total. The topological polar surface area (TPSA) is 102 Å². The van der Waals surface area contributed by atoms with Gasteiger partial charge >= 0.3 is 0 Å². The van der Waals surface area contributed by atoms with Crippen LogP contribution in [0.15, 0.2) is 47.6 Å². The molecule has 1 aliphatic rings. The van der Waals surface area contributed by atoms with Crippen LogP contribution in [-0.2, 0) is 21.3 Å². The first kappa shape index (κ1) is 16.9. The van der Waals surface area contributed by atoms with Crippen LogP contribution in [0.25, 0.3) is 5.65 Å². The van der Waals surface area contributed by atoms with Gasteiger partial charge < -0.3 is 10.1 Å². The number of hydrogen-bond acceptors (Lipinski definition) is 7. The van der Waals surface area contributed by atoms with Gasteiger partial charge in [-0.15, -0.1) is 10.2 Å². The van der Waals surface area contributed by atoms with Crippen molar-refractivity contribution in [3.05, 3.63) is 48.5 Å². The number of sulfonamides is 1. The largest absolute Gasteiger partial charge is 0.379 e. The minimum atomic E-state index is -3.53. The molecule has 0 unspecified atom stereocenters. The van der Waals surface area contributed by atoms with Crippen molar-refractivity contribution in [3.8, 4) is 0 Å². The number of anilines is 1. The number of pyridine rings is 2. The Morgan fingerprint density at radius 1 is 1.12 bits per heavy atom. The molecule has 4 rings (SSSR count). The van der Waals surface area contributed by atoms with Gasteiger partial charge in [-0.2, -0.15) is 4.31 Å². The summed E-state index contributed by atoms with van der Waals surface area (Å²) < 4.78 is 33.7. The van der Waals surface area contributed by atoms with Crippen LogP contribution in [0, 0.1) is 0 Å². The highest BCUT2D eigenvalue weighted by Gasteiger charge is 2.26. The molecule has 0 aliphatic carbocycles. The Labute approximate surface area is 150 Å². The smallest absolute Gasteiger partial charge is 0.244 e. The van der Waals surface area contributed by atoms with Crippen molar-refractivity contribution in [1.82, 2.24) is 23.9 Å². The Balaban J connectivity index is 1.46. The lowest BCUT2D eigenvalue weighted by molar-refractivity contribution is 0.0730. The molecule has 3 aromatic rings. The fourth-order valence-corrected chi connectivity index (χ4v) is 4.11. The molecule has 10 heteroatoms. The molecule has 1 aliphatic heterocycles. The molecule has 3 aromatic heterocycles. The van der Waals surface area contributed by atoms with Gasteiger partial charge in [0.25, 0.3) is 0 Å². The Morgan fingerprint density at radius 3 is 2.73 bits per heavy atom. The molecular formula is C16H18N6O3S. The lowest BCUT2D eigenvalue weighted by atomic mass is 10.4. The van der Waals surface area contributed by atoms with E-state index in [0.717, 1.165) is 11.5 Å². The fourth-order valence-electron chi connectivity index (χ4n) is 2.75. The van der Waals surface area contributed by atoms with Gasteiger partial charge in [0, 0.05) is 25.5 Å². The average Bonchev–Trinajstić information content (AvgIpc) is 3.11. The molecule has 0 aromatic carbocycles. The summed E-state index contributed by atoms with van der Waals surface area (Å²) in [7, 11) is -3.53. The summed E-state index contributed by atoms with van der Waals surface area (Å²) in [5.74, 6) is 1.31. The number of fused-ring (bicyclic) bond motifs is 1. The molecule has 1 saturated heterocycles. The standard InChI is InChI=1S/C16H18N6O3S/c23-26(24,21-7-9-25-10-8-21)13-4-5-14(17-11-13)18-12-16-20-19-15-3-1-2-6-22(15)16/h1-6,11H,7-10,12H2,(H,17,18). The molecule has 4 heterocycles. The highest BCUT2D eigenvalue weighted by Crippen LogP contribution is 2.17. The van der Waals surface area contributed by atoms with Crippen molar-refractivity contribution in [1.29, 1.82) is 0 Å². The number of morpholine rings is 1. The van der Waals surface area contributed by atoms with Gasteiger partial charge in [-0.25, -0.2) is 13.4 Å². The number of aromatic nitrogens is 4. The predicted octanol–water partition coefficient (Wildman–Crippen LogP) is 0.757. The zero-order valence-corrected chi connectivity index (χ0v) is 14.8. The van der Waals surface area contributed by atoms with Crippen molar-refractivity contribution in [2.45, 2.75) is 11.4 Å². The normalized spacial score (nSPS) is 16.0. The summed E-state index contributed by atoms with van der Waals surface area (Å²) in [5.41, 5.74) is 0.768.